The molecule has 1 unspecified atom stereocenters. The standard InChI is InChI=1S/C15H15Br2FN2O/c1-21-14-6-5-10(16)7-9(14)8-13(20-19)11-3-2-4-12(17)15(11)18/h2-7,13,20H,8,19H2,1H3. The van der Waals surface area contributed by atoms with E-state index in [1.165, 1.54) is 0 Å². The third kappa shape index (κ3) is 3.83. The number of halogens is 3. The highest BCUT2D eigenvalue weighted by atomic mass is 79.9. The van der Waals surface area contributed by atoms with Gasteiger partial charge >= 0.3 is 0 Å². The molecule has 0 aliphatic heterocycles. The van der Waals surface area contributed by atoms with Crippen LogP contribution in [0, 0.1) is 5.82 Å². The Labute approximate surface area is 139 Å². The van der Waals surface area contributed by atoms with Crippen molar-refractivity contribution >= 4 is 31.9 Å². The van der Waals surface area contributed by atoms with Gasteiger partial charge in [0.15, 0.2) is 0 Å². The molecule has 0 saturated heterocycles. The Hall–Kier alpha value is -0.950. The number of hydrogen-bond donors (Lipinski definition) is 2. The van der Waals surface area contributed by atoms with Crippen LogP contribution in [0.3, 0.4) is 0 Å². The van der Waals surface area contributed by atoms with Gasteiger partial charge in [0.25, 0.3) is 0 Å². The number of hydrazine groups is 1. The van der Waals surface area contributed by atoms with Gasteiger partial charge in [-0.1, -0.05) is 28.1 Å². The highest BCUT2D eigenvalue weighted by Crippen LogP contribution is 2.30. The lowest BCUT2D eigenvalue weighted by Crippen LogP contribution is -2.30. The van der Waals surface area contributed by atoms with Crippen LogP contribution in [0.15, 0.2) is 45.3 Å². The Bertz CT molecular complexity index is 637. The molecule has 6 heteroatoms. The van der Waals surface area contributed by atoms with E-state index in [4.69, 9.17) is 10.6 Å². The summed E-state index contributed by atoms with van der Waals surface area (Å²) >= 11 is 6.62. The molecule has 1 atom stereocenters. The summed E-state index contributed by atoms with van der Waals surface area (Å²) in [5.41, 5.74) is 4.12. The summed E-state index contributed by atoms with van der Waals surface area (Å²) in [7, 11) is 1.61. The van der Waals surface area contributed by atoms with Crippen LogP contribution in [0.1, 0.15) is 17.2 Å². The summed E-state index contributed by atoms with van der Waals surface area (Å²) in [6, 6.07) is 10.5. The predicted molar refractivity (Wildman–Crippen MR) is 88.6 cm³/mol. The number of ether oxygens (including phenoxy) is 1. The first-order chi connectivity index (χ1) is 10.1. The maximum Gasteiger partial charge on any atom is 0.142 e. The summed E-state index contributed by atoms with van der Waals surface area (Å²) in [4.78, 5) is 0. The molecule has 0 amide bonds. The first-order valence-corrected chi connectivity index (χ1v) is 7.88. The minimum Gasteiger partial charge on any atom is -0.496 e. The molecular formula is C15H15Br2FN2O. The normalized spacial score (nSPS) is 12.2. The zero-order chi connectivity index (χ0) is 15.4. The molecule has 21 heavy (non-hydrogen) atoms. The van der Waals surface area contributed by atoms with E-state index in [2.05, 4.69) is 37.3 Å². The SMILES string of the molecule is COc1ccc(Br)cc1CC(NN)c1cccc(Br)c1F. The molecule has 3 nitrogen and oxygen atoms in total. The van der Waals surface area contributed by atoms with Gasteiger partial charge in [-0.2, -0.15) is 0 Å². The maximum atomic E-state index is 14.2. The van der Waals surface area contributed by atoms with E-state index in [0.717, 1.165) is 15.8 Å². The Balaban J connectivity index is 2.35. The van der Waals surface area contributed by atoms with Gasteiger partial charge in [-0.3, -0.25) is 11.3 Å². The molecule has 0 spiro atoms. The fourth-order valence-corrected chi connectivity index (χ4v) is 2.96. The second kappa shape index (κ2) is 7.35. The number of benzene rings is 2. The summed E-state index contributed by atoms with van der Waals surface area (Å²) < 4.78 is 20.9. The lowest BCUT2D eigenvalue weighted by Gasteiger charge is -2.19. The second-order valence-corrected chi connectivity index (χ2v) is 6.29. The van der Waals surface area contributed by atoms with Crippen molar-refractivity contribution in [3.8, 4) is 5.75 Å². The number of rotatable bonds is 5. The van der Waals surface area contributed by atoms with Gasteiger partial charge in [0, 0.05) is 10.0 Å². The number of nitrogens with two attached hydrogens (primary N) is 1. The fraction of sp³-hybridized carbons (Fsp3) is 0.200. The van der Waals surface area contributed by atoms with E-state index in [0.29, 0.717) is 16.5 Å². The molecule has 2 aromatic carbocycles. The predicted octanol–water partition coefficient (Wildman–Crippen LogP) is 4.11. The van der Waals surface area contributed by atoms with E-state index in [1.54, 1.807) is 25.3 Å². The third-order valence-corrected chi connectivity index (χ3v) is 4.33. The third-order valence-electron chi connectivity index (χ3n) is 3.22. The molecule has 112 valence electrons. The number of nitrogens with one attached hydrogen (secondary N) is 1. The molecule has 2 rings (SSSR count). The van der Waals surface area contributed by atoms with Crippen molar-refractivity contribution in [1.82, 2.24) is 5.43 Å². The van der Waals surface area contributed by atoms with Gasteiger partial charge in [-0.25, -0.2) is 4.39 Å². The van der Waals surface area contributed by atoms with Crippen LogP contribution in [-0.2, 0) is 6.42 Å². The lowest BCUT2D eigenvalue weighted by atomic mass is 9.98. The van der Waals surface area contributed by atoms with E-state index >= 15 is 0 Å². The van der Waals surface area contributed by atoms with Gasteiger partial charge in [0.2, 0.25) is 0 Å². The summed E-state index contributed by atoms with van der Waals surface area (Å²) in [5, 5.41) is 0. The first kappa shape index (κ1) is 16.4. The van der Waals surface area contributed by atoms with Crippen molar-refractivity contribution < 1.29 is 9.13 Å². The lowest BCUT2D eigenvalue weighted by molar-refractivity contribution is 0.404. The van der Waals surface area contributed by atoms with E-state index in [1.807, 2.05) is 18.2 Å². The van der Waals surface area contributed by atoms with Gasteiger partial charge < -0.3 is 4.74 Å². The number of methoxy groups -OCH3 is 1. The van der Waals surface area contributed by atoms with E-state index in [9.17, 15) is 4.39 Å². The van der Waals surface area contributed by atoms with Gasteiger partial charge in [0.05, 0.1) is 17.6 Å². The molecule has 0 saturated carbocycles. The molecule has 0 radical (unpaired) electrons. The van der Waals surface area contributed by atoms with Gasteiger partial charge in [-0.05, 0) is 52.2 Å². The average molecular weight is 418 g/mol. The van der Waals surface area contributed by atoms with Crippen molar-refractivity contribution in [1.29, 1.82) is 0 Å². The molecular weight excluding hydrogens is 403 g/mol. The summed E-state index contributed by atoms with van der Waals surface area (Å²) in [5.74, 6) is 6.05. The van der Waals surface area contributed by atoms with Crippen molar-refractivity contribution in [2.24, 2.45) is 5.84 Å². The van der Waals surface area contributed by atoms with Crippen LogP contribution >= 0.6 is 31.9 Å². The molecule has 2 aromatic rings. The van der Waals surface area contributed by atoms with Crippen molar-refractivity contribution in [3.63, 3.8) is 0 Å². The topological polar surface area (TPSA) is 47.3 Å². The van der Waals surface area contributed by atoms with Crippen LogP contribution < -0.4 is 16.0 Å². The van der Waals surface area contributed by atoms with E-state index in [-0.39, 0.29) is 11.9 Å². The molecule has 0 aromatic heterocycles. The number of hydrogen-bond acceptors (Lipinski definition) is 3. The van der Waals surface area contributed by atoms with Crippen LogP contribution in [-0.4, -0.2) is 7.11 Å². The van der Waals surface area contributed by atoms with Gasteiger partial charge in [0.1, 0.15) is 11.6 Å². The summed E-state index contributed by atoms with van der Waals surface area (Å²) in [6.07, 6.45) is 0.506. The molecule has 0 aliphatic rings. The molecule has 0 aliphatic carbocycles. The molecule has 0 heterocycles. The zero-order valence-corrected chi connectivity index (χ0v) is 14.5. The minimum absolute atomic E-state index is 0.311. The maximum absolute atomic E-state index is 14.2. The molecule has 0 fully saturated rings. The largest absolute Gasteiger partial charge is 0.496 e. The highest BCUT2D eigenvalue weighted by molar-refractivity contribution is 9.10. The average Bonchev–Trinajstić information content (AvgIpc) is 2.48. The monoisotopic (exact) mass is 416 g/mol. The van der Waals surface area contributed by atoms with Crippen molar-refractivity contribution in [2.45, 2.75) is 12.5 Å². The summed E-state index contributed by atoms with van der Waals surface area (Å²) in [6.45, 7) is 0. The Morgan fingerprint density at radius 1 is 1.29 bits per heavy atom. The Morgan fingerprint density at radius 3 is 2.71 bits per heavy atom. The second-order valence-electron chi connectivity index (χ2n) is 4.52. The zero-order valence-electron chi connectivity index (χ0n) is 11.4. The molecule has 3 N–H and O–H groups in total. The van der Waals surface area contributed by atoms with E-state index < -0.39 is 0 Å². The van der Waals surface area contributed by atoms with Crippen molar-refractivity contribution in [3.05, 3.63) is 62.3 Å². The first-order valence-electron chi connectivity index (χ1n) is 6.29. The highest BCUT2D eigenvalue weighted by Gasteiger charge is 2.18. The molecule has 0 bridgehead atoms. The van der Waals surface area contributed by atoms with Crippen LogP contribution in [0.25, 0.3) is 0 Å². The van der Waals surface area contributed by atoms with Gasteiger partial charge in [-0.15, -0.1) is 0 Å². The van der Waals surface area contributed by atoms with Crippen molar-refractivity contribution in [2.75, 3.05) is 7.11 Å². The van der Waals surface area contributed by atoms with Crippen LogP contribution in [0.5, 0.6) is 5.75 Å². The fourth-order valence-electron chi connectivity index (χ4n) is 2.17. The quantitative estimate of drug-likeness (QED) is 0.568. The Morgan fingerprint density at radius 2 is 2.05 bits per heavy atom. The smallest absolute Gasteiger partial charge is 0.142 e. The van der Waals surface area contributed by atoms with Crippen LogP contribution in [0.2, 0.25) is 0 Å². The minimum atomic E-state index is -0.356. The van der Waals surface area contributed by atoms with Crippen LogP contribution in [0.4, 0.5) is 4.39 Å². The Kier molecular flexibility index (Phi) is 5.75.